The third-order valence-electron chi connectivity index (χ3n) is 3.78. The van der Waals surface area contributed by atoms with E-state index in [2.05, 4.69) is 12.2 Å². The highest BCUT2D eigenvalue weighted by Crippen LogP contribution is 2.36. The quantitative estimate of drug-likeness (QED) is 0.801. The van der Waals surface area contributed by atoms with Crippen molar-refractivity contribution in [2.75, 3.05) is 19.4 Å². The molecule has 0 spiro atoms. The lowest BCUT2D eigenvalue weighted by atomic mass is 9.94. The molecule has 1 atom stereocenters. The topological polar surface area (TPSA) is 55.4 Å². The van der Waals surface area contributed by atoms with Crippen LogP contribution in [0.1, 0.15) is 45.7 Å². The van der Waals surface area contributed by atoms with Gasteiger partial charge in [0, 0.05) is 11.8 Å². The van der Waals surface area contributed by atoms with Gasteiger partial charge in [-0.2, -0.15) is 0 Å². The minimum absolute atomic E-state index is 0.310. The lowest BCUT2D eigenvalue weighted by molar-refractivity contribution is 0.324. The largest absolute Gasteiger partial charge is 0.494 e. The Morgan fingerprint density at radius 2 is 1.86 bits per heavy atom. The maximum Gasteiger partial charge on any atom is 0.154 e. The summed E-state index contributed by atoms with van der Waals surface area (Å²) in [5, 5.41) is 3.37. The van der Waals surface area contributed by atoms with Gasteiger partial charge in [0.15, 0.2) is 9.84 Å². The van der Waals surface area contributed by atoms with Gasteiger partial charge in [-0.3, -0.25) is 0 Å². The molecule has 0 amide bonds. The Morgan fingerprint density at radius 3 is 2.38 bits per heavy atom. The van der Waals surface area contributed by atoms with Crippen molar-refractivity contribution in [3.8, 4) is 5.75 Å². The van der Waals surface area contributed by atoms with Crippen LogP contribution >= 0.6 is 0 Å². The summed E-state index contributed by atoms with van der Waals surface area (Å²) in [7, 11) is -3.23. The first kappa shape index (κ1) is 18.0. The van der Waals surface area contributed by atoms with Gasteiger partial charge in [-0.15, -0.1) is 0 Å². The molecule has 0 saturated heterocycles. The molecule has 1 rings (SSSR count). The molecule has 1 aromatic rings. The Morgan fingerprint density at radius 1 is 1.24 bits per heavy atom. The second-order valence-electron chi connectivity index (χ2n) is 5.73. The molecule has 0 aliphatic rings. The van der Waals surface area contributed by atoms with E-state index >= 15 is 0 Å². The molecule has 0 bridgehead atoms. The second kappa shape index (κ2) is 7.27. The lowest BCUT2D eigenvalue weighted by Gasteiger charge is -2.34. The summed E-state index contributed by atoms with van der Waals surface area (Å²) in [4.78, 5) is 0. The molecule has 0 radical (unpaired) electrons. The van der Waals surface area contributed by atoms with Gasteiger partial charge in [0.05, 0.1) is 17.4 Å². The Kier molecular flexibility index (Phi) is 6.23. The fourth-order valence-corrected chi connectivity index (χ4v) is 2.88. The van der Waals surface area contributed by atoms with E-state index in [1.165, 1.54) is 6.26 Å². The minimum atomic E-state index is -3.23. The predicted octanol–water partition coefficient (Wildman–Crippen LogP) is 2.95. The van der Waals surface area contributed by atoms with Crippen LogP contribution in [-0.2, 0) is 9.84 Å². The van der Waals surface area contributed by atoms with Crippen molar-refractivity contribution in [1.82, 2.24) is 5.32 Å². The highest BCUT2D eigenvalue weighted by Gasteiger charge is 2.40. The van der Waals surface area contributed by atoms with E-state index in [0.29, 0.717) is 6.61 Å². The third-order valence-corrected chi connectivity index (χ3v) is 5.93. The smallest absolute Gasteiger partial charge is 0.154 e. The standard InChI is InChI=1S/C16H27NO3S/c1-6-12-17-15(16(3,4)21(5,18)19)13-10-8-9-11-14(13)20-7-2/h8-11,15,17H,6-7,12H2,1-5H3. The van der Waals surface area contributed by atoms with Crippen LogP contribution < -0.4 is 10.1 Å². The number of sulfone groups is 1. The summed E-state index contributed by atoms with van der Waals surface area (Å²) in [5.74, 6) is 0.741. The number of hydrogen-bond acceptors (Lipinski definition) is 4. The van der Waals surface area contributed by atoms with E-state index < -0.39 is 14.6 Å². The van der Waals surface area contributed by atoms with Crippen molar-refractivity contribution in [2.24, 2.45) is 0 Å². The number of benzene rings is 1. The van der Waals surface area contributed by atoms with E-state index in [0.717, 1.165) is 24.3 Å². The first-order chi connectivity index (χ1) is 9.75. The number of rotatable bonds is 8. The monoisotopic (exact) mass is 313 g/mol. The number of ether oxygens (including phenoxy) is 1. The van der Waals surface area contributed by atoms with E-state index in [-0.39, 0.29) is 6.04 Å². The first-order valence-corrected chi connectivity index (χ1v) is 9.29. The molecule has 21 heavy (non-hydrogen) atoms. The van der Waals surface area contributed by atoms with Crippen LogP contribution in [0.2, 0.25) is 0 Å². The molecule has 0 aromatic heterocycles. The Balaban J connectivity index is 3.32. The van der Waals surface area contributed by atoms with Crippen LogP contribution in [0.3, 0.4) is 0 Å². The summed E-state index contributed by atoms with van der Waals surface area (Å²) < 4.78 is 29.2. The Hall–Kier alpha value is -1.07. The highest BCUT2D eigenvalue weighted by atomic mass is 32.2. The second-order valence-corrected chi connectivity index (χ2v) is 8.33. The molecule has 1 N–H and O–H groups in total. The summed E-state index contributed by atoms with van der Waals surface area (Å²) in [6, 6.07) is 7.33. The molecule has 5 heteroatoms. The summed E-state index contributed by atoms with van der Waals surface area (Å²) in [5.41, 5.74) is 0.892. The number of nitrogens with one attached hydrogen (secondary N) is 1. The average molecular weight is 313 g/mol. The van der Waals surface area contributed by atoms with Gasteiger partial charge in [0.25, 0.3) is 0 Å². The minimum Gasteiger partial charge on any atom is -0.494 e. The molecule has 4 nitrogen and oxygen atoms in total. The van der Waals surface area contributed by atoms with E-state index in [9.17, 15) is 8.42 Å². The molecule has 0 saturated carbocycles. The first-order valence-electron chi connectivity index (χ1n) is 7.40. The van der Waals surface area contributed by atoms with Crippen LogP contribution in [0.15, 0.2) is 24.3 Å². The molecular formula is C16H27NO3S. The summed E-state index contributed by atoms with van der Waals surface area (Å²) >= 11 is 0. The van der Waals surface area contributed by atoms with E-state index in [1.54, 1.807) is 13.8 Å². The molecular weight excluding hydrogens is 286 g/mol. The van der Waals surface area contributed by atoms with Crippen molar-refractivity contribution in [3.63, 3.8) is 0 Å². The van der Waals surface area contributed by atoms with Crippen molar-refractivity contribution in [3.05, 3.63) is 29.8 Å². The van der Waals surface area contributed by atoms with Gasteiger partial charge in [0.1, 0.15) is 5.75 Å². The number of para-hydroxylation sites is 1. The average Bonchev–Trinajstić information content (AvgIpc) is 2.40. The van der Waals surface area contributed by atoms with Gasteiger partial charge >= 0.3 is 0 Å². The highest BCUT2D eigenvalue weighted by molar-refractivity contribution is 7.92. The van der Waals surface area contributed by atoms with Gasteiger partial charge in [-0.05, 0) is 39.8 Å². The zero-order chi connectivity index (χ0) is 16.1. The van der Waals surface area contributed by atoms with Crippen molar-refractivity contribution in [1.29, 1.82) is 0 Å². The zero-order valence-corrected chi connectivity index (χ0v) is 14.5. The van der Waals surface area contributed by atoms with Crippen LogP contribution in [0.4, 0.5) is 0 Å². The molecule has 0 aliphatic carbocycles. The normalized spacial score (nSPS) is 14.0. The fourth-order valence-electron chi connectivity index (χ4n) is 2.24. The maximum absolute atomic E-state index is 12.2. The van der Waals surface area contributed by atoms with Crippen LogP contribution in [0.5, 0.6) is 5.75 Å². The van der Waals surface area contributed by atoms with Gasteiger partial charge in [-0.1, -0.05) is 25.1 Å². The van der Waals surface area contributed by atoms with E-state index in [4.69, 9.17) is 4.74 Å². The Labute approximate surface area is 128 Å². The molecule has 0 aliphatic heterocycles. The summed E-state index contributed by atoms with van der Waals surface area (Å²) in [6.07, 6.45) is 2.23. The van der Waals surface area contributed by atoms with Crippen molar-refractivity contribution >= 4 is 9.84 Å². The zero-order valence-electron chi connectivity index (χ0n) is 13.6. The summed E-state index contributed by atoms with van der Waals surface area (Å²) in [6.45, 7) is 8.82. The molecule has 0 heterocycles. The van der Waals surface area contributed by atoms with Crippen molar-refractivity contribution in [2.45, 2.75) is 44.9 Å². The molecule has 120 valence electrons. The maximum atomic E-state index is 12.2. The van der Waals surface area contributed by atoms with Gasteiger partial charge in [-0.25, -0.2) is 8.42 Å². The lowest BCUT2D eigenvalue weighted by Crippen LogP contribution is -2.45. The van der Waals surface area contributed by atoms with Crippen molar-refractivity contribution < 1.29 is 13.2 Å². The molecule has 1 aromatic carbocycles. The van der Waals surface area contributed by atoms with Crippen LogP contribution in [0.25, 0.3) is 0 Å². The molecule has 0 fully saturated rings. The van der Waals surface area contributed by atoms with Gasteiger partial charge in [0.2, 0.25) is 0 Å². The van der Waals surface area contributed by atoms with Crippen LogP contribution in [-0.4, -0.2) is 32.6 Å². The molecule has 1 unspecified atom stereocenters. The van der Waals surface area contributed by atoms with Crippen LogP contribution in [0, 0.1) is 0 Å². The number of hydrogen-bond donors (Lipinski definition) is 1. The van der Waals surface area contributed by atoms with E-state index in [1.807, 2.05) is 31.2 Å². The fraction of sp³-hybridized carbons (Fsp3) is 0.625. The predicted molar refractivity (Wildman–Crippen MR) is 87.6 cm³/mol. The Bertz CT molecular complexity index is 552. The SMILES string of the molecule is CCCNC(c1ccccc1OCC)C(C)(C)S(C)(=O)=O. The third kappa shape index (κ3) is 4.20. The van der Waals surface area contributed by atoms with Gasteiger partial charge < -0.3 is 10.1 Å².